The van der Waals surface area contributed by atoms with Gasteiger partial charge in [0.1, 0.15) is 23.9 Å². The highest BCUT2D eigenvalue weighted by Crippen LogP contribution is 2.34. The van der Waals surface area contributed by atoms with Crippen LogP contribution in [0.25, 0.3) is 0 Å². The van der Waals surface area contributed by atoms with Crippen LogP contribution in [0.2, 0.25) is 0 Å². The van der Waals surface area contributed by atoms with Gasteiger partial charge in [0.25, 0.3) is 0 Å². The number of anilines is 1. The molecule has 2 amide bonds. The summed E-state index contributed by atoms with van der Waals surface area (Å²) < 4.78 is 20.0. The number of carbonyl (C=O) groups is 2. The number of hydrogen-bond donors (Lipinski definition) is 2. The minimum absolute atomic E-state index is 0.0163. The van der Waals surface area contributed by atoms with E-state index in [1.807, 2.05) is 31.2 Å². The van der Waals surface area contributed by atoms with Crippen molar-refractivity contribution in [2.24, 2.45) is 0 Å². The Morgan fingerprint density at radius 1 is 1.06 bits per heavy atom. The number of halogens is 1. The number of ether oxygens (including phenoxy) is 1. The van der Waals surface area contributed by atoms with E-state index in [1.165, 1.54) is 12.1 Å². The number of hydrogen-bond acceptors (Lipinski definition) is 5. The fourth-order valence-corrected chi connectivity index (χ4v) is 4.58. The van der Waals surface area contributed by atoms with Crippen LogP contribution in [0.5, 0.6) is 5.75 Å². The highest BCUT2D eigenvalue weighted by molar-refractivity contribution is 7.98. The Hall–Kier alpha value is -3.33. The zero-order valence-electron chi connectivity index (χ0n) is 18.3. The number of aromatic nitrogens is 2. The zero-order valence-corrected chi connectivity index (χ0v) is 19.1. The largest absolute Gasteiger partial charge is 0.494 e. The van der Waals surface area contributed by atoms with Gasteiger partial charge in [-0.15, -0.1) is 0 Å². The van der Waals surface area contributed by atoms with Crippen molar-refractivity contribution in [3.05, 3.63) is 76.7 Å². The van der Waals surface area contributed by atoms with Gasteiger partial charge in [0.05, 0.1) is 18.7 Å². The predicted octanol–water partition coefficient (Wildman–Crippen LogP) is 3.67. The Kier molecular flexibility index (Phi) is 7.29. The van der Waals surface area contributed by atoms with Crippen molar-refractivity contribution in [3.8, 4) is 5.75 Å². The number of rotatable bonds is 9. The molecule has 1 aliphatic rings. The van der Waals surface area contributed by atoms with E-state index in [1.54, 1.807) is 28.6 Å². The lowest BCUT2D eigenvalue weighted by Gasteiger charge is -2.12. The van der Waals surface area contributed by atoms with Gasteiger partial charge in [0.2, 0.25) is 11.8 Å². The minimum atomic E-state index is -0.320. The van der Waals surface area contributed by atoms with Crippen molar-refractivity contribution in [2.45, 2.75) is 37.9 Å². The summed E-state index contributed by atoms with van der Waals surface area (Å²) in [5.41, 5.74) is 3.52. The fraction of sp³-hybridized carbons (Fsp3) is 0.292. The number of nitrogens with one attached hydrogen (secondary N) is 2. The van der Waals surface area contributed by atoms with Gasteiger partial charge in [0.15, 0.2) is 0 Å². The van der Waals surface area contributed by atoms with Gasteiger partial charge in [-0.1, -0.05) is 24.3 Å². The van der Waals surface area contributed by atoms with Gasteiger partial charge in [0, 0.05) is 23.6 Å². The second-order valence-electron chi connectivity index (χ2n) is 7.63. The van der Waals surface area contributed by atoms with Crippen molar-refractivity contribution in [1.29, 1.82) is 0 Å². The first kappa shape index (κ1) is 22.8. The van der Waals surface area contributed by atoms with Crippen LogP contribution in [0.3, 0.4) is 0 Å². The average molecular weight is 469 g/mol. The molecule has 0 aliphatic carbocycles. The summed E-state index contributed by atoms with van der Waals surface area (Å²) in [5, 5.41) is 10.3. The normalized spacial score (nSPS) is 12.3. The van der Waals surface area contributed by atoms with E-state index in [-0.39, 0.29) is 37.1 Å². The topological polar surface area (TPSA) is 85.2 Å². The van der Waals surface area contributed by atoms with Gasteiger partial charge in [-0.2, -0.15) is 16.9 Å². The van der Waals surface area contributed by atoms with Crippen LogP contribution in [-0.4, -0.2) is 28.2 Å². The van der Waals surface area contributed by atoms with E-state index in [4.69, 9.17) is 4.74 Å². The molecule has 0 spiro atoms. The highest BCUT2D eigenvalue weighted by atomic mass is 32.2. The van der Waals surface area contributed by atoms with Crippen molar-refractivity contribution in [3.63, 3.8) is 0 Å². The summed E-state index contributed by atoms with van der Waals surface area (Å²) in [6, 6.07) is 13.4. The maximum absolute atomic E-state index is 13.0. The average Bonchev–Trinajstić information content (AvgIpc) is 3.37. The quantitative estimate of drug-likeness (QED) is 0.501. The van der Waals surface area contributed by atoms with Gasteiger partial charge in [-0.3, -0.25) is 9.59 Å². The van der Waals surface area contributed by atoms with E-state index in [0.717, 1.165) is 39.6 Å². The molecular formula is C24H25FN4O3S. The Balaban J connectivity index is 1.39. The molecule has 0 radical (unpaired) electrons. The molecule has 33 heavy (non-hydrogen) atoms. The summed E-state index contributed by atoms with van der Waals surface area (Å²) in [6.45, 7) is 2.78. The summed E-state index contributed by atoms with van der Waals surface area (Å²) in [4.78, 5) is 25.3. The van der Waals surface area contributed by atoms with Gasteiger partial charge >= 0.3 is 0 Å². The second-order valence-corrected chi connectivity index (χ2v) is 8.62. The first-order chi connectivity index (χ1) is 16.0. The zero-order chi connectivity index (χ0) is 23.2. The van der Waals surface area contributed by atoms with Crippen LogP contribution in [0.1, 0.15) is 29.3 Å². The summed E-state index contributed by atoms with van der Waals surface area (Å²) in [5.74, 6) is 2.09. The number of thioether (sulfide) groups is 1. The number of carbonyl (C=O) groups excluding carboxylic acids is 2. The Morgan fingerprint density at radius 3 is 2.52 bits per heavy atom. The van der Waals surface area contributed by atoms with Crippen LogP contribution < -0.4 is 15.4 Å². The third-order valence-electron chi connectivity index (χ3n) is 5.17. The van der Waals surface area contributed by atoms with Gasteiger partial charge in [-0.25, -0.2) is 9.07 Å². The van der Waals surface area contributed by atoms with E-state index in [9.17, 15) is 14.0 Å². The molecule has 2 N–H and O–H groups in total. The smallest absolute Gasteiger partial charge is 0.242 e. The molecule has 3 aromatic rings. The lowest BCUT2D eigenvalue weighted by atomic mass is 10.1. The highest BCUT2D eigenvalue weighted by Gasteiger charge is 2.25. The number of fused-ring (bicyclic) bond motifs is 1. The van der Waals surface area contributed by atoms with Crippen molar-refractivity contribution in [2.75, 3.05) is 11.9 Å². The number of amides is 2. The molecule has 1 aliphatic heterocycles. The van der Waals surface area contributed by atoms with Crippen molar-refractivity contribution in [1.82, 2.24) is 15.1 Å². The molecular weight excluding hydrogens is 443 g/mol. The summed E-state index contributed by atoms with van der Waals surface area (Å²) in [7, 11) is 0. The Labute approximate surface area is 195 Å². The van der Waals surface area contributed by atoms with E-state index < -0.39 is 0 Å². The molecule has 7 nitrogen and oxygen atoms in total. The third-order valence-corrected chi connectivity index (χ3v) is 6.14. The van der Waals surface area contributed by atoms with Crippen LogP contribution >= 0.6 is 11.8 Å². The number of nitrogens with zero attached hydrogens (tertiary/aromatic N) is 2. The minimum Gasteiger partial charge on any atom is -0.494 e. The Morgan fingerprint density at radius 2 is 1.79 bits per heavy atom. The molecule has 0 bridgehead atoms. The molecule has 1 aromatic heterocycles. The monoisotopic (exact) mass is 468 g/mol. The van der Waals surface area contributed by atoms with E-state index in [0.29, 0.717) is 12.4 Å². The maximum atomic E-state index is 13.0. The van der Waals surface area contributed by atoms with Crippen molar-refractivity contribution >= 4 is 29.4 Å². The summed E-state index contributed by atoms with van der Waals surface area (Å²) >= 11 is 1.73. The van der Waals surface area contributed by atoms with E-state index in [2.05, 4.69) is 15.7 Å². The third kappa shape index (κ3) is 5.92. The lowest BCUT2D eigenvalue weighted by molar-refractivity contribution is -0.122. The van der Waals surface area contributed by atoms with Crippen molar-refractivity contribution < 1.29 is 18.7 Å². The summed E-state index contributed by atoms with van der Waals surface area (Å²) in [6.07, 6.45) is 0.205. The van der Waals surface area contributed by atoms with Crippen LogP contribution in [0, 0.1) is 5.82 Å². The molecule has 9 heteroatoms. The SMILES string of the molecule is CCOc1ccc(CC(=O)Nc2c3c(nn2CC(=O)NCc2ccc(F)cc2)CSC3)cc1. The number of benzene rings is 2. The second kappa shape index (κ2) is 10.5. The van der Waals surface area contributed by atoms with Crippen LogP contribution in [-0.2, 0) is 40.6 Å². The van der Waals surface area contributed by atoms with E-state index >= 15 is 0 Å². The first-order valence-electron chi connectivity index (χ1n) is 10.7. The standard InChI is InChI=1S/C24H25FN4O3S/c1-2-32-19-9-5-16(6-10-19)11-22(30)27-24-20-14-33-15-21(20)28-29(24)13-23(31)26-12-17-3-7-18(25)8-4-17/h3-10H,2,11-15H2,1H3,(H,26,31)(H,27,30). The molecule has 0 atom stereocenters. The molecule has 0 fully saturated rings. The molecule has 172 valence electrons. The Bertz CT molecular complexity index is 1130. The molecule has 2 heterocycles. The molecule has 2 aromatic carbocycles. The molecule has 4 rings (SSSR count). The first-order valence-corrected chi connectivity index (χ1v) is 11.9. The predicted molar refractivity (Wildman–Crippen MR) is 125 cm³/mol. The fourth-order valence-electron chi connectivity index (χ4n) is 3.55. The van der Waals surface area contributed by atoms with Crippen LogP contribution in [0.15, 0.2) is 48.5 Å². The lowest BCUT2D eigenvalue weighted by Crippen LogP contribution is -2.29. The van der Waals surface area contributed by atoms with Crippen LogP contribution in [0.4, 0.5) is 10.2 Å². The molecule has 0 saturated carbocycles. The molecule has 0 unspecified atom stereocenters. The van der Waals surface area contributed by atoms with Gasteiger partial charge in [-0.05, 0) is 42.3 Å². The van der Waals surface area contributed by atoms with Gasteiger partial charge < -0.3 is 15.4 Å². The molecule has 0 saturated heterocycles. The maximum Gasteiger partial charge on any atom is 0.242 e.